The van der Waals surface area contributed by atoms with Gasteiger partial charge >= 0.3 is 16.1 Å². The van der Waals surface area contributed by atoms with Crippen LogP contribution in [0.25, 0.3) is 15.2 Å². The Balaban J connectivity index is 1.35. The topological polar surface area (TPSA) is 89.7 Å². The standard InChI is InChI=1S/C27H28FN3O4S/c1-3-35-26-15-10-22-16-24(13-14-25(22)31-26)36(33,34)29-17-19-4-6-21(7-5-19)27(32)30-18(2)20-8-11-23(28)12-9-20/h8-16,18-19,21H,3-7H2,1-2H3/p+1/t18-,19?,21?/m1/s1. The van der Waals surface area contributed by atoms with Crippen molar-refractivity contribution in [2.24, 2.45) is 11.8 Å². The van der Waals surface area contributed by atoms with Crippen molar-refractivity contribution in [3.63, 3.8) is 0 Å². The van der Waals surface area contributed by atoms with Crippen molar-refractivity contribution < 1.29 is 22.3 Å². The number of benzene rings is 2. The summed E-state index contributed by atoms with van der Waals surface area (Å²) in [6.45, 7) is 4.23. The summed E-state index contributed by atoms with van der Waals surface area (Å²) in [7, 11) is -3.90. The summed E-state index contributed by atoms with van der Waals surface area (Å²) in [6.07, 6.45) is 2.51. The van der Waals surface area contributed by atoms with Crippen LogP contribution in [0, 0.1) is 23.7 Å². The lowest BCUT2D eigenvalue weighted by Crippen LogP contribution is -2.34. The van der Waals surface area contributed by atoms with E-state index in [1.54, 1.807) is 36.4 Å². The fourth-order valence-electron chi connectivity index (χ4n) is 4.32. The normalized spacial score (nSPS) is 18.6. The number of sulfonamides is 1. The number of aromatic nitrogens is 1. The highest BCUT2D eigenvalue weighted by Gasteiger charge is 2.30. The molecule has 0 bridgehead atoms. The van der Waals surface area contributed by atoms with Gasteiger partial charge in [0.05, 0.1) is 28.3 Å². The average molecular weight is 511 g/mol. The van der Waals surface area contributed by atoms with E-state index in [0.717, 1.165) is 5.56 Å². The molecule has 3 aromatic rings. The largest absolute Gasteiger partial charge is 0.510 e. The van der Waals surface area contributed by atoms with Gasteiger partial charge in [0.2, 0.25) is 11.8 Å². The van der Waals surface area contributed by atoms with Gasteiger partial charge in [-0.3, -0.25) is 4.79 Å². The van der Waals surface area contributed by atoms with Crippen LogP contribution in [0.2, 0.25) is 0 Å². The molecule has 7 nitrogen and oxygen atoms in total. The van der Waals surface area contributed by atoms with Gasteiger partial charge in [-0.25, -0.2) is 9.37 Å². The van der Waals surface area contributed by atoms with E-state index < -0.39 is 10.0 Å². The molecule has 1 aromatic heterocycles. The zero-order valence-electron chi connectivity index (χ0n) is 20.3. The maximum atomic E-state index is 13.1. The van der Waals surface area contributed by atoms with Crippen LogP contribution < -0.4 is 10.1 Å². The fraction of sp³-hybridized carbons (Fsp3) is 0.370. The predicted octanol–water partition coefficient (Wildman–Crippen LogP) is 5.48. The van der Waals surface area contributed by atoms with Crippen molar-refractivity contribution in [2.75, 3.05) is 6.61 Å². The molecule has 0 saturated heterocycles. The Labute approximate surface area is 210 Å². The molecular formula is C27H29FN3O4S+. The van der Waals surface area contributed by atoms with Crippen LogP contribution in [0.3, 0.4) is 0 Å². The minimum Gasteiger partial charge on any atom is -0.478 e. The van der Waals surface area contributed by atoms with Crippen molar-refractivity contribution in [3.05, 3.63) is 70.2 Å². The number of amides is 1. The maximum Gasteiger partial charge on any atom is 0.510 e. The lowest BCUT2D eigenvalue weighted by atomic mass is 9.82. The number of hydrogen-bond donors (Lipinski definition) is 1. The second-order valence-corrected chi connectivity index (χ2v) is 10.6. The maximum absolute atomic E-state index is 13.1. The molecule has 36 heavy (non-hydrogen) atoms. The first-order chi connectivity index (χ1) is 17.2. The fourth-order valence-corrected chi connectivity index (χ4v) is 5.23. The second kappa shape index (κ2) is 11.0. The summed E-state index contributed by atoms with van der Waals surface area (Å²) in [6, 6.07) is 16.8. The van der Waals surface area contributed by atoms with E-state index in [0.29, 0.717) is 49.1 Å². The Morgan fingerprint density at radius 2 is 1.86 bits per heavy atom. The molecule has 1 heterocycles. The van der Waals surface area contributed by atoms with Gasteiger partial charge in [0.15, 0.2) is 4.90 Å². The third-order valence-corrected chi connectivity index (χ3v) is 7.60. The highest BCUT2D eigenvalue weighted by atomic mass is 32.2. The van der Waals surface area contributed by atoms with Crippen molar-refractivity contribution in [1.82, 2.24) is 10.3 Å². The monoisotopic (exact) mass is 510 g/mol. The number of nitrogens with one attached hydrogen (secondary N) is 1. The average Bonchev–Trinajstić information content (AvgIpc) is 2.88. The van der Waals surface area contributed by atoms with Crippen molar-refractivity contribution in [2.45, 2.75) is 50.5 Å². The molecule has 1 atom stereocenters. The van der Waals surface area contributed by atoms with Crippen LogP contribution in [-0.4, -0.2) is 25.9 Å². The van der Waals surface area contributed by atoms with Gasteiger partial charge < -0.3 is 10.1 Å². The highest BCUT2D eigenvalue weighted by Crippen LogP contribution is 2.30. The molecule has 1 saturated carbocycles. The number of carbonyl (C=O) groups excluding carboxylic acids is 1. The summed E-state index contributed by atoms with van der Waals surface area (Å²) in [4.78, 5) is 17.1. The molecule has 1 fully saturated rings. The molecule has 0 unspecified atom stereocenters. The number of rotatable bonds is 6. The summed E-state index contributed by atoms with van der Waals surface area (Å²) in [5, 5.41) is 3.67. The third kappa shape index (κ3) is 6.18. The Bertz CT molecular complexity index is 1410. The lowest BCUT2D eigenvalue weighted by molar-refractivity contribution is -0.126. The van der Waals surface area contributed by atoms with Crippen molar-refractivity contribution in [3.8, 4) is 11.9 Å². The van der Waals surface area contributed by atoms with Gasteiger partial charge in [0.1, 0.15) is 5.82 Å². The van der Waals surface area contributed by atoms with Gasteiger partial charge in [-0.1, -0.05) is 12.1 Å². The highest BCUT2D eigenvalue weighted by molar-refractivity contribution is 7.93. The summed E-state index contributed by atoms with van der Waals surface area (Å²) >= 11 is 0. The smallest absolute Gasteiger partial charge is 0.478 e. The van der Waals surface area contributed by atoms with Gasteiger partial charge in [-0.15, -0.1) is 8.42 Å². The molecule has 0 spiro atoms. The first kappa shape index (κ1) is 25.6. The van der Waals surface area contributed by atoms with E-state index in [-0.39, 0.29) is 34.5 Å². The van der Waals surface area contributed by atoms with E-state index in [2.05, 4.69) is 20.6 Å². The first-order valence-electron chi connectivity index (χ1n) is 12.1. The number of nitrogens with zero attached hydrogens (tertiary/aromatic N) is 2. The third-order valence-electron chi connectivity index (χ3n) is 6.41. The number of hydrogen-bond acceptors (Lipinski definition) is 5. The molecule has 1 N–H and O–H groups in total. The van der Waals surface area contributed by atoms with Crippen LogP contribution in [0.4, 0.5) is 4.39 Å². The minimum absolute atomic E-state index is 0.0490. The minimum atomic E-state index is -3.90. The van der Waals surface area contributed by atoms with Gasteiger partial charge in [0.25, 0.3) is 0 Å². The van der Waals surface area contributed by atoms with E-state index in [4.69, 9.17) is 4.74 Å². The molecule has 9 heteroatoms. The zero-order chi connectivity index (χ0) is 25.7. The first-order valence-corrected chi connectivity index (χ1v) is 13.5. The molecular weight excluding hydrogens is 481 g/mol. The van der Waals surface area contributed by atoms with Gasteiger partial charge in [-0.2, -0.15) is 0 Å². The molecule has 188 valence electrons. The predicted molar refractivity (Wildman–Crippen MR) is 136 cm³/mol. The number of pyridine rings is 1. The molecule has 1 aliphatic rings. The van der Waals surface area contributed by atoms with Crippen LogP contribution in [0.15, 0.2) is 59.5 Å². The van der Waals surface area contributed by atoms with Crippen LogP contribution >= 0.6 is 0 Å². The van der Waals surface area contributed by atoms with E-state index in [1.807, 2.05) is 13.8 Å². The Kier molecular flexibility index (Phi) is 7.85. The summed E-state index contributed by atoms with van der Waals surface area (Å²) in [5.41, 5.74) is 1.47. The van der Waals surface area contributed by atoms with Gasteiger partial charge in [0, 0.05) is 17.4 Å². The zero-order valence-corrected chi connectivity index (χ0v) is 21.1. The van der Waals surface area contributed by atoms with Gasteiger partial charge in [-0.05, 0) is 81.5 Å². The summed E-state index contributed by atoms with van der Waals surface area (Å²) < 4.78 is 47.9. The SMILES string of the molecule is CCOc1ccc2cc(S(=O)(=O)[N+]#CC3CCC(C(=O)N[C@H](C)c4ccc(F)cc4)CC3)ccc2n1. The molecule has 1 aliphatic carbocycles. The van der Waals surface area contributed by atoms with Crippen LogP contribution in [0.5, 0.6) is 5.88 Å². The number of fused-ring (bicyclic) bond motifs is 1. The molecule has 2 aromatic carbocycles. The second-order valence-electron chi connectivity index (χ2n) is 8.96. The Morgan fingerprint density at radius 3 is 2.56 bits per heavy atom. The molecule has 1 amide bonds. The van der Waals surface area contributed by atoms with E-state index >= 15 is 0 Å². The lowest BCUT2D eigenvalue weighted by Gasteiger charge is -2.24. The molecule has 4 rings (SSSR count). The Morgan fingerprint density at radius 1 is 1.14 bits per heavy atom. The molecule has 0 radical (unpaired) electrons. The Hall–Kier alpha value is -3.51. The molecule has 0 aliphatic heterocycles. The summed E-state index contributed by atoms with van der Waals surface area (Å²) in [5.74, 6) is -0.163. The van der Waals surface area contributed by atoms with Crippen LogP contribution in [0.1, 0.15) is 51.1 Å². The number of ether oxygens (including phenoxy) is 1. The quantitative estimate of drug-likeness (QED) is 0.474. The van der Waals surface area contributed by atoms with Crippen LogP contribution in [-0.2, 0) is 14.8 Å². The number of carbonyl (C=O) groups is 1. The van der Waals surface area contributed by atoms with Crippen molar-refractivity contribution >= 4 is 26.8 Å². The number of halogens is 1. The van der Waals surface area contributed by atoms with E-state index in [9.17, 15) is 17.6 Å². The van der Waals surface area contributed by atoms with E-state index in [1.165, 1.54) is 18.2 Å². The van der Waals surface area contributed by atoms with Crippen molar-refractivity contribution in [1.29, 1.82) is 0 Å².